The first-order valence-corrected chi connectivity index (χ1v) is 12.0. The molecule has 33 heavy (non-hydrogen) atoms. The maximum Gasteiger partial charge on any atom is 0.315 e. The van der Waals surface area contributed by atoms with E-state index in [0.717, 1.165) is 73.4 Å². The summed E-state index contributed by atoms with van der Waals surface area (Å²) in [6, 6.07) is 10.3. The third-order valence-corrected chi connectivity index (χ3v) is 6.14. The summed E-state index contributed by atoms with van der Waals surface area (Å²) in [5, 5.41) is 15.3. The van der Waals surface area contributed by atoms with Crippen LogP contribution in [0, 0.1) is 0 Å². The maximum atomic E-state index is 12.5. The molecule has 3 aromatic rings. The summed E-state index contributed by atoms with van der Waals surface area (Å²) in [5.41, 5.74) is 5.15. The van der Waals surface area contributed by atoms with Crippen molar-refractivity contribution < 1.29 is 9.53 Å². The molecule has 0 aliphatic carbocycles. The summed E-state index contributed by atoms with van der Waals surface area (Å²) >= 11 is 0. The van der Waals surface area contributed by atoms with Crippen molar-refractivity contribution in [3.8, 4) is 0 Å². The summed E-state index contributed by atoms with van der Waals surface area (Å²) in [5.74, 6) is 0. The summed E-state index contributed by atoms with van der Waals surface area (Å²) in [7, 11) is 0. The highest BCUT2D eigenvalue weighted by molar-refractivity contribution is 5.91. The molecule has 0 unspecified atom stereocenters. The number of pyridine rings is 1. The van der Waals surface area contributed by atoms with E-state index in [-0.39, 0.29) is 6.03 Å². The number of carbonyl (C=O) groups excluding carboxylic acids is 1. The number of anilines is 1. The second kappa shape index (κ2) is 11.1. The van der Waals surface area contributed by atoms with Gasteiger partial charge >= 0.3 is 6.03 Å². The first-order valence-electron chi connectivity index (χ1n) is 12.0. The molecule has 0 spiro atoms. The maximum absolute atomic E-state index is 12.5. The Labute approximate surface area is 195 Å². The van der Waals surface area contributed by atoms with Crippen LogP contribution in [0.2, 0.25) is 0 Å². The Morgan fingerprint density at radius 3 is 2.67 bits per heavy atom. The van der Waals surface area contributed by atoms with E-state index in [0.29, 0.717) is 19.1 Å². The van der Waals surface area contributed by atoms with Gasteiger partial charge in [0.05, 0.1) is 17.3 Å². The lowest BCUT2D eigenvalue weighted by molar-refractivity contribution is 0.0904. The minimum absolute atomic E-state index is 0.172. The van der Waals surface area contributed by atoms with Gasteiger partial charge in [0.25, 0.3) is 0 Å². The zero-order valence-electron chi connectivity index (χ0n) is 19.6. The van der Waals surface area contributed by atoms with E-state index in [1.807, 2.05) is 29.1 Å². The number of aryl methyl sites for hydroxylation is 2. The lowest BCUT2D eigenvalue weighted by Crippen LogP contribution is -2.37. The van der Waals surface area contributed by atoms with E-state index in [2.05, 4.69) is 47.0 Å². The third kappa shape index (κ3) is 5.63. The second-order valence-electron chi connectivity index (χ2n) is 8.34. The van der Waals surface area contributed by atoms with Crippen LogP contribution < -0.4 is 16.0 Å². The number of aromatic nitrogens is 3. The van der Waals surface area contributed by atoms with Crippen LogP contribution in [0.1, 0.15) is 43.5 Å². The Bertz CT molecular complexity index is 1060. The third-order valence-electron chi connectivity index (χ3n) is 6.14. The number of rotatable bonds is 9. The molecule has 0 radical (unpaired) electrons. The molecule has 0 atom stereocenters. The van der Waals surface area contributed by atoms with Crippen LogP contribution >= 0.6 is 0 Å². The highest BCUT2D eigenvalue weighted by Crippen LogP contribution is 2.31. The van der Waals surface area contributed by atoms with Gasteiger partial charge in [-0.3, -0.25) is 0 Å². The number of nitrogens with zero attached hydrogens (tertiary/aromatic N) is 3. The normalized spacial score (nSPS) is 14.4. The Morgan fingerprint density at radius 2 is 1.94 bits per heavy atom. The number of amides is 2. The average Bonchev–Trinajstić information content (AvgIpc) is 3.27. The Balaban J connectivity index is 1.50. The van der Waals surface area contributed by atoms with Crippen LogP contribution in [0.3, 0.4) is 0 Å². The Hall–Kier alpha value is -3.13. The van der Waals surface area contributed by atoms with Gasteiger partial charge in [-0.1, -0.05) is 37.3 Å². The summed E-state index contributed by atoms with van der Waals surface area (Å²) in [6.45, 7) is 7.45. The molecular weight excluding hydrogens is 416 g/mol. The molecule has 1 aliphatic heterocycles. The fourth-order valence-corrected chi connectivity index (χ4v) is 4.30. The first-order chi connectivity index (χ1) is 16.2. The predicted octanol–water partition coefficient (Wildman–Crippen LogP) is 3.65. The average molecular weight is 451 g/mol. The number of ether oxygens (including phenoxy) is 1. The summed E-state index contributed by atoms with van der Waals surface area (Å²) in [4.78, 5) is 17.4. The van der Waals surface area contributed by atoms with Crippen LogP contribution in [-0.4, -0.2) is 46.6 Å². The highest BCUT2D eigenvalue weighted by Gasteiger charge is 2.21. The predicted molar refractivity (Wildman–Crippen MR) is 130 cm³/mol. The van der Waals surface area contributed by atoms with Crippen LogP contribution in [0.5, 0.6) is 0 Å². The molecule has 3 N–H and O–H groups in total. The van der Waals surface area contributed by atoms with Gasteiger partial charge in [0.1, 0.15) is 0 Å². The van der Waals surface area contributed by atoms with E-state index < -0.39 is 0 Å². The van der Waals surface area contributed by atoms with E-state index in [1.165, 1.54) is 5.56 Å². The largest absolute Gasteiger partial charge is 0.381 e. The molecule has 3 heterocycles. The topological polar surface area (TPSA) is 93.1 Å². The number of hydrogen-bond acceptors (Lipinski definition) is 5. The molecule has 0 bridgehead atoms. The van der Waals surface area contributed by atoms with Crippen molar-refractivity contribution in [2.75, 3.05) is 25.1 Å². The van der Waals surface area contributed by atoms with Crippen LogP contribution in [-0.2, 0) is 30.7 Å². The van der Waals surface area contributed by atoms with Crippen molar-refractivity contribution in [2.45, 2.75) is 58.7 Å². The van der Waals surface area contributed by atoms with Crippen molar-refractivity contribution in [1.82, 2.24) is 25.4 Å². The van der Waals surface area contributed by atoms with Gasteiger partial charge in [0, 0.05) is 50.1 Å². The van der Waals surface area contributed by atoms with Crippen molar-refractivity contribution in [3.63, 3.8) is 0 Å². The van der Waals surface area contributed by atoms with Gasteiger partial charge in [0.2, 0.25) is 0 Å². The standard InChI is InChI=1S/C25H34N6O2/c1-3-22-20(16-27-25(32)26-13-10-18-8-6-5-7-9-18)23(29-19-11-14-33-15-12-19)21-17-28-31(4-2)24(21)30-22/h5-9,17,19H,3-4,10-16H2,1-2H3,(H,29,30)(H2,26,27,32). The van der Waals surface area contributed by atoms with Gasteiger partial charge in [-0.05, 0) is 38.2 Å². The van der Waals surface area contributed by atoms with Crippen molar-refractivity contribution in [3.05, 3.63) is 53.3 Å². The number of urea groups is 1. The molecule has 0 saturated carbocycles. The molecule has 1 saturated heterocycles. The quantitative estimate of drug-likeness (QED) is 0.463. The summed E-state index contributed by atoms with van der Waals surface area (Å²) in [6.07, 6.45) is 5.38. The smallest absolute Gasteiger partial charge is 0.315 e. The molecule has 8 nitrogen and oxygen atoms in total. The zero-order chi connectivity index (χ0) is 23.0. The zero-order valence-corrected chi connectivity index (χ0v) is 19.6. The van der Waals surface area contributed by atoms with Crippen LogP contribution in [0.15, 0.2) is 36.5 Å². The number of benzene rings is 1. The van der Waals surface area contributed by atoms with E-state index >= 15 is 0 Å². The van der Waals surface area contributed by atoms with Gasteiger partial charge in [-0.2, -0.15) is 5.10 Å². The minimum Gasteiger partial charge on any atom is -0.381 e. The molecule has 4 rings (SSSR count). The van der Waals surface area contributed by atoms with Crippen LogP contribution in [0.4, 0.5) is 10.5 Å². The molecule has 2 aromatic heterocycles. The SMILES string of the molecule is CCc1nc2c(cnn2CC)c(NC2CCOCC2)c1CNC(=O)NCCc1ccccc1. The monoisotopic (exact) mass is 450 g/mol. The number of hydrogen-bond donors (Lipinski definition) is 3. The van der Waals surface area contributed by atoms with E-state index in [9.17, 15) is 4.79 Å². The number of nitrogens with one attached hydrogen (secondary N) is 3. The molecule has 1 fully saturated rings. The number of carbonyl (C=O) groups is 1. The number of fused-ring (bicyclic) bond motifs is 1. The minimum atomic E-state index is -0.172. The fraction of sp³-hybridized carbons (Fsp3) is 0.480. The van der Waals surface area contributed by atoms with Gasteiger partial charge in [-0.15, -0.1) is 0 Å². The first kappa shape index (κ1) is 23.0. The van der Waals surface area contributed by atoms with Gasteiger partial charge in [0.15, 0.2) is 5.65 Å². The van der Waals surface area contributed by atoms with Crippen molar-refractivity contribution in [2.24, 2.45) is 0 Å². The molecule has 1 aliphatic rings. The lowest BCUT2D eigenvalue weighted by Gasteiger charge is -2.26. The second-order valence-corrected chi connectivity index (χ2v) is 8.34. The fourth-order valence-electron chi connectivity index (χ4n) is 4.30. The van der Waals surface area contributed by atoms with Crippen molar-refractivity contribution in [1.29, 1.82) is 0 Å². The molecular formula is C25H34N6O2. The molecule has 8 heteroatoms. The Kier molecular flexibility index (Phi) is 7.78. The van der Waals surface area contributed by atoms with Gasteiger partial charge < -0.3 is 20.7 Å². The van der Waals surface area contributed by atoms with E-state index in [1.54, 1.807) is 0 Å². The molecule has 1 aromatic carbocycles. The summed E-state index contributed by atoms with van der Waals surface area (Å²) < 4.78 is 7.46. The van der Waals surface area contributed by atoms with Gasteiger partial charge in [-0.25, -0.2) is 14.5 Å². The van der Waals surface area contributed by atoms with Crippen LogP contribution in [0.25, 0.3) is 11.0 Å². The molecule has 2 amide bonds. The lowest BCUT2D eigenvalue weighted by atomic mass is 10.0. The van der Waals surface area contributed by atoms with E-state index in [4.69, 9.17) is 9.72 Å². The molecule has 176 valence electrons. The Morgan fingerprint density at radius 1 is 1.15 bits per heavy atom. The van der Waals surface area contributed by atoms with Crippen molar-refractivity contribution >= 4 is 22.8 Å². The highest BCUT2D eigenvalue weighted by atomic mass is 16.5.